The smallest absolute Gasteiger partial charge is 0.408 e. The fourth-order valence-electron chi connectivity index (χ4n) is 2.31. The van der Waals surface area contributed by atoms with E-state index in [0.29, 0.717) is 22.2 Å². The van der Waals surface area contributed by atoms with Gasteiger partial charge in [-0.3, -0.25) is 9.29 Å². The highest BCUT2D eigenvalue weighted by Crippen LogP contribution is 2.30. The molecule has 126 valence electrons. The number of fused-ring (bicyclic) bond motifs is 1. The van der Waals surface area contributed by atoms with Crippen molar-refractivity contribution in [1.82, 2.24) is 4.57 Å². The van der Waals surface area contributed by atoms with E-state index in [-0.39, 0.29) is 15.5 Å². The summed E-state index contributed by atoms with van der Waals surface area (Å²) in [5.74, 6) is -0.558. The van der Waals surface area contributed by atoms with Gasteiger partial charge in [0.2, 0.25) is 0 Å². The Kier molecular flexibility index (Phi) is 4.46. The van der Waals surface area contributed by atoms with E-state index in [4.69, 9.17) is 16.0 Å². The number of sulfonamides is 1. The molecule has 0 aliphatic carbocycles. The van der Waals surface area contributed by atoms with Crippen LogP contribution in [0.25, 0.3) is 11.1 Å². The van der Waals surface area contributed by atoms with Crippen LogP contribution in [0.4, 0.5) is 5.69 Å². The Labute approximate surface area is 151 Å². The van der Waals surface area contributed by atoms with Gasteiger partial charge in [0.1, 0.15) is 4.90 Å². The van der Waals surface area contributed by atoms with Crippen molar-refractivity contribution in [2.24, 2.45) is 0 Å². The molecule has 0 aliphatic rings. The standard InChI is InChI=1S/C15H12BrClN2O4S/c1-2-19-12-7-10(17)14(8-13(12)23-15(19)20)24(21,22)18-11-6-4-3-5-9(11)16/h3-8,18H,2H2,1H3. The molecule has 9 heteroatoms. The molecule has 0 atom stereocenters. The number of nitrogens with one attached hydrogen (secondary N) is 1. The summed E-state index contributed by atoms with van der Waals surface area (Å²) < 4.78 is 34.8. The normalized spacial score (nSPS) is 11.8. The van der Waals surface area contributed by atoms with Gasteiger partial charge in [0.05, 0.1) is 16.2 Å². The lowest BCUT2D eigenvalue weighted by Crippen LogP contribution is -2.14. The minimum atomic E-state index is -3.95. The maximum absolute atomic E-state index is 12.6. The Morgan fingerprint density at radius 2 is 2.00 bits per heavy atom. The molecule has 0 radical (unpaired) electrons. The van der Waals surface area contributed by atoms with E-state index < -0.39 is 15.8 Å². The third kappa shape index (κ3) is 2.97. The monoisotopic (exact) mass is 430 g/mol. The summed E-state index contributed by atoms with van der Waals surface area (Å²) in [6.45, 7) is 2.17. The second kappa shape index (κ2) is 6.27. The number of aromatic nitrogens is 1. The number of aryl methyl sites for hydroxylation is 1. The van der Waals surface area contributed by atoms with Crippen LogP contribution < -0.4 is 10.5 Å². The van der Waals surface area contributed by atoms with Gasteiger partial charge in [0.15, 0.2) is 5.58 Å². The molecule has 1 N–H and O–H groups in total. The Hall–Kier alpha value is -1.77. The van der Waals surface area contributed by atoms with E-state index in [9.17, 15) is 13.2 Å². The molecule has 0 bridgehead atoms. The molecule has 1 aromatic heterocycles. The number of anilines is 1. The van der Waals surface area contributed by atoms with Crippen LogP contribution in [0.1, 0.15) is 6.92 Å². The molecule has 1 heterocycles. The van der Waals surface area contributed by atoms with Gasteiger partial charge >= 0.3 is 5.76 Å². The highest BCUT2D eigenvalue weighted by atomic mass is 79.9. The maximum atomic E-state index is 12.6. The molecular weight excluding hydrogens is 420 g/mol. The van der Waals surface area contributed by atoms with Crippen molar-refractivity contribution in [3.63, 3.8) is 0 Å². The van der Waals surface area contributed by atoms with E-state index in [1.54, 1.807) is 31.2 Å². The summed E-state index contributed by atoms with van der Waals surface area (Å²) in [5, 5.41) is 0.00468. The van der Waals surface area contributed by atoms with Gasteiger partial charge in [-0.2, -0.15) is 0 Å². The summed E-state index contributed by atoms with van der Waals surface area (Å²) in [6.07, 6.45) is 0. The second-order valence-corrected chi connectivity index (χ2v) is 7.86. The maximum Gasteiger partial charge on any atom is 0.419 e. The van der Waals surface area contributed by atoms with Crippen LogP contribution in [-0.2, 0) is 16.6 Å². The van der Waals surface area contributed by atoms with Gasteiger partial charge in [-0.1, -0.05) is 23.7 Å². The van der Waals surface area contributed by atoms with Crippen LogP contribution in [0, 0.1) is 0 Å². The van der Waals surface area contributed by atoms with E-state index >= 15 is 0 Å². The number of oxazole rings is 1. The lowest BCUT2D eigenvalue weighted by atomic mass is 10.3. The average Bonchev–Trinajstić information content (AvgIpc) is 2.83. The van der Waals surface area contributed by atoms with Gasteiger partial charge in [-0.15, -0.1) is 0 Å². The van der Waals surface area contributed by atoms with Crippen LogP contribution in [0.2, 0.25) is 5.02 Å². The Morgan fingerprint density at radius 1 is 1.29 bits per heavy atom. The number of nitrogens with zero attached hydrogens (tertiary/aromatic N) is 1. The topological polar surface area (TPSA) is 81.3 Å². The molecule has 0 unspecified atom stereocenters. The Balaban J connectivity index is 2.13. The number of para-hydroxylation sites is 1. The molecule has 6 nitrogen and oxygen atoms in total. The molecule has 0 saturated carbocycles. The van der Waals surface area contributed by atoms with Gasteiger partial charge < -0.3 is 4.42 Å². The van der Waals surface area contributed by atoms with Gasteiger partial charge in [-0.25, -0.2) is 13.2 Å². The lowest BCUT2D eigenvalue weighted by Gasteiger charge is -2.11. The van der Waals surface area contributed by atoms with Crippen molar-refractivity contribution in [2.45, 2.75) is 18.4 Å². The summed E-state index contributed by atoms with van der Waals surface area (Å²) in [7, 11) is -3.95. The van der Waals surface area contributed by atoms with Crippen molar-refractivity contribution < 1.29 is 12.8 Å². The first-order chi connectivity index (χ1) is 11.3. The largest absolute Gasteiger partial charge is 0.419 e. The first-order valence-electron chi connectivity index (χ1n) is 6.93. The van der Waals surface area contributed by atoms with E-state index in [1.807, 2.05) is 0 Å². The zero-order valence-corrected chi connectivity index (χ0v) is 15.6. The molecular formula is C15H12BrClN2O4S. The van der Waals surface area contributed by atoms with E-state index in [2.05, 4.69) is 20.7 Å². The van der Waals surface area contributed by atoms with Crippen molar-refractivity contribution in [3.8, 4) is 0 Å². The summed E-state index contributed by atoms with van der Waals surface area (Å²) in [6, 6.07) is 9.46. The third-order valence-electron chi connectivity index (χ3n) is 3.45. The Bertz CT molecular complexity index is 1090. The van der Waals surface area contributed by atoms with Crippen LogP contribution in [0.3, 0.4) is 0 Å². The fourth-order valence-corrected chi connectivity index (χ4v) is 4.45. The van der Waals surface area contributed by atoms with Crippen LogP contribution in [0.15, 0.2) is 55.0 Å². The highest BCUT2D eigenvalue weighted by Gasteiger charge is 2.22. The van der Waals surface area contributed by atoms with Crippen molar-refractivity contribution in [2.75, 3.05) is 4.72 Å². The van der Waals surface area contributed by atoms with Crippen LogP contribution in [0.5, 0.6) is 0 Å². The first-order valence-corrected chi connectivity index (χ1v) is 9.59. The van der Waals surface area contributed by atoms with Crippen molar-refractivity contribution in [3.05, 3.63) is 56.4 Å². The number of rotatable bonds is 4. The zero-order chi connectivity index (χ0) is 17.5. The Morgan fingerprint density at radius 3 is 2.67 bits per heavy atom. The number of hydrogen-bond acceptors (Lipinski definition) is 4. The molecule has 3 rings (SSSR count). The number of hydrogen-bond donors (Lipinski definition) is 1. The molecule has 0 amide bonds. The first kappa shape index (κ1) is 17.1. The molecule has 3 aromatic rings. The predicted molar refractivity (Wildman–Crippen MR) is 96.1 cm³/mol. The molecule has 0 fully saturated rings. The van der Waals surface area contributed by atoms with E-state index in [0.717, 1.165) is 0 Å². The van der Waals surface area contributed by atoms with Gasteiger partial charge in [0, 0.05) is 17.1 Å². The lowest BCUT2D eigenvalue weighted by molar-refractivity contribution is 0.512. The third-order valence-corrected chi connectivity index (χ3v) is 5.97. The molecule has 0 spiro atoms. The van der Waals surface area contributed by atoms with Crippen LogP contribution >= 0.6 is 27.5 Å². The minimum Gasteiger partial charge on any atom is -0.408 e. The van der Waals surface area contributed by atoms with Crippen LogP contribution in [-0.4, -0.2) is 13.0 Å². The van der Waals surface area contributed by atoms with Gasteiger partial charge in [0.25, 0.3) is 10.0 Å². The molecule has 0 saturated heterocycles. The van der Waals surface area contributed by atoms with Crippen molar-refractivity contribution in [1.29, 1.82) is 0 Å². The minimum absolute atomic E-state index is 0.00468. The molecule has 0 aliphatic heterocycles. The van der Waals surface area contributed by atoms with E-state index in [1.165, 1.54) is 16.7 Å². The summed E-state index contributed by atoms with van der Waals surface area (Å²) in [5.41, 5.74) is 0.993. The average molecular weight is 432 g/mol. The fraction of sp³-hybridized carbons (Fsp3) is 0.133. The summed E-state index contributed by atoms with van der Waals surface area (Å²) >= 11 is 9.42. The molecule has 2 aromatic carbocycles. The predicted octanol–water partition coefficient (Wildman–Crippen LogP) is 3.83. The second-order valence-electron chi connectivity index (χ2n) is 4.95. The van der Waals surface area contributed by atoms with Crippen molar-refractivity contribution >= 4 is 54.3 Å². The SMILES string of the molecule is CCn1c(=O)oc2cc(S(=O)(=O)Nc3ccccc3Br)c(Cl)cc21. The number of halogens is 2. The molecule has 24 heavy (non-hydrogen) atoms. The number of benzene rings is 2. The van der Waals surface area contributed by atoms with Gasteiger partial charge in [-0.05, 0) is 41.1 Å². The quantitative estimate of drug-likeness (QED) is 0.681. The highest BCUT2D eigenvalue weighted by molar-refractivity contribution is 9.10. The summed E-state index contributed by atoms with van der Waals surface area (Å²) in [4.78, 5) is 11.6. The zero-order valence-electron chi connectivity index (χ0n) is 12.4.